The summed E-state index contributed by atoms with van der Waals surface area (Å²) >= 11 is 0. The van der Waals surface area contributed by atoms with E-state index in [-0.39, 0.29) is 0 Å². The summed E-state index contributed by atoms with van der Waals surface area (Å²) < 4.78 is 5.60. The van der Waals surface area contributed by atoms with Gasteiger partial charge in [-0.2, -0.15) is 0 Å². The first-order valence-electron chi connectivity index (χ1n) is 7.42. The van der Waals surface area contributed by atoms with E-state index in [1.54, 1.807) is 7.11 Å². The fourth-order valence-corrected chi connectivity index (χ4v) is 2.60. The van der Waals surface area contributed by atoms with Crippen molar-refractivity contribution in [2.45, 2.75) is 13.8 Å². The van der Waals surface area contributed by atoms with Gasteiger partial charge < -0.3 is 4.74 Å². The van der Waals surface area contributed by atoms with Crippen LogP contribution >= 0.6 is 0 Å². The molecule has 0 amide bonds. The summed E-state index contributed by atoms with van der Waals surface area (Å²) in [7, 11) is 1.71. The molecule has 0 spiro atoms. The smallest absolute Gasteiger partial charge is 0.127 e. The largest absolute Gasteiger partial charge is 0.496 e. The monoisotopic (exact) mass is 287 g/mol. The average Bonchev–Trinajstić information content (AvgIpc) is 2.56. The van der Waals surface area contributed by atoms with Gasteiger partial charge in [0.05, 0.1) is 7.11 Å². The second-order valence-corrected chi connectivity index (χ2v) is 5.53. The molecule has 0 aliphatic heterocycles. The van der Waals surface area contributed by atoms with Crippen LogP contribution in [0.5, 0.6) is 5.75 Å². The van der Waals surface area contributed by atoms with Crippen LogP contribution in [0.4, 0.5) is 0 Å². The predicted octanol–water partition coefficient (Wildman–Crippen LogP) is 5.45. The van der Waals surface area contributed by atoms with Crippen LogP contribution in [-0.2, 0) is 0 Å². The highest BCUT2D eigenvalue weighted by Crippen LogP contribution is 2.38. The average molecular weight is 287 g/mol. The molecule has 0 saturated heterocycles. The van der Waals surface area contributed by atoms with Gasteiger partial charge in [0.15, 0.2) is 0 Å². The topological polar surface area (TPSA) is 9.23 Å². The first-order valence-corrected chi connectivity index (χ1v) is 7.42. The molecule has 0 N–H and O–H groups in total. The minimum atomic E-state index is 0.873. The Bertz CT molecular complexity index is 768. The maximum atomic E-state index is 5.60. The summed E-state index contributed by atoms with van der Waals surface area (Å²) in [6.45, 7) is 4.19. The van der Waals surface area contributed by atoms with E-state index in [4.69, 9.17) is 4.74 Å². The molecule has 1 radical (unpaired) electrons. The van der Waals surface area contributed by atoms with E-state index >= 15 is 0 Å². The van der Waals surface area contributed by atoms with Gasteiger partial charge in [0.25, 0.3) is 0 Å². The van der Waals surface area contributed by atoms with Gasteiger partial charge in [-0.15, -0.1) is 0 Å². The second kappa shape index (κ2) is 6.07. The summed E-state index contributed by atoms with van der Waals surface area (Å²) in [5, 5.41) is 0. The maximum Gasteiger partial charge on any atom is 0.127 e. The number of rotatable bonds is 3. The predicted molar refractivity (Wildman–Crippen MR) is 92.2 cm³/mol. The maximum absolute atomic E-state index is 5.60. The minimum absolute atomic E-state index is 0.873. The summed E-state index contributed by atoms with van der Waals surface area (Å²) in [4.78, 5) is 0. The third-order valence-corrected chi connectivity index (χ3v) is 3.86. The van der Waals surface area contributed by atoms with Crippen molar-refractivity contribution in [3.8, 4) is 28.0 Å². The molecule has 3 rings (SSSR count). The molecule has 0 saturated carbocycles. The Balaban J connectivity index is 2.22. The fraction of sp³-hybridized carbons (Fsp3) is 0.143. The molecule has 0 atom stereocenters. The molecule has 1 nitrogen and oxygen atoms in total. The third kappa shape index (κ3) is 2.75. The lowest BCUT2D eigenvalue weighted by atomic mass is 9.93. The summed E-state index contributed by atoms with van der Waals surface area (Å²) in [6.07, 6.45) is 0. The van der Waals surface area contributed by atoms with Gasteiger partial charge in [-0.1, -0.05) is 65.7 Å². The molecule has 0 aromatic heterocycles. The molecular formula is C21H19O. The molecule has 0 fully saturated rings. The highest BCUT2D eigenvalue weighted by atomic mass is 16.5. The van der Waals surface area contributed by atoms with Crippen LogP contribution in [-0.4, -0.2) is 7.11 Å². The van der Waals surface area contributed by atoms with Gasteiger partial charge >= 0.3 is 0 Å². The van der Waals surface area contributed by atoms with Gasteiger partial charge in [0.1, 0.15) is 5.75 Å². The number of methoxy groups -OCH3 is 1. The second-order valence-electron chi connectivity index (χ2n) is 5.53. The Kier molecular flexibility index (Phi) is 3.97. The Morgan fingerprint density at radius 2 is 1.27 bits per heavy atom. The van der Waals surface area contributed by atoms with Gasteiger partial charge in [0.2, 0.25) is 0 Å². The van der Waals surface area contributed by atoms with Crippen molar-refractivity contribution in [1.82, 2.24) is 0 Å². The van der Waals surface area contributed by atoms with E-state index in [1.165, 1.54) is 11.1 Å². The van der Waals surface area contributed by atoms with Gasteiger partial charge in [-0.25, -0.2) is 0 Å². The number of ether oxygens (including phenoxy) is 1. The molecule has 0 heterocycles. The zero-order valence-corrected chi connectivity index (χ0v) is 13.2. The van der Waals surface area contributed by atoms with Gasteiger partial charge in [0, 0.05) is 11.1 Å². The molecule has 0 bridgehead atoms. The highest BCUT2D eigenvalue weighted by Gasteiger charge is 2.13. The van der Waals surface area contributed by atoms with Crippen molar-refractivity contribution in [1.29, 1.82) is 0 Å². The first kappa shape index (κ1) is 14.4. The molecule has 0 unspecified atom stereocenters. The molecule has 1 heteroatoms. The lowest BCUT2D eigenvalue weighted by Gasteiger charge is -2.14. The summed E-state index contributed by atoms with van der Waals surface area (Å²) in [5.74, 6) is 0.873. The summed E-state index contributed by atoms with van der Waals surface area (Å²) in [5.41, 5.74) is 6.97. The quantitative estimate of drug-likeness (QED) is 0.622. The Labute approximate surface area is 132 Å². The normalized spacial score (nSPS) is 10.5. The Morgan fingerprint density at radius 3 is 1.82 bits per heavy atom. The lowest BCUT2D eigenvalue weighted by Crippen LogP contribution is -1.92. The molecule has 3 aromatic carbocycles. The SMILES string of the molecule is COc1cc[c]c(-c2ccc(C)cc2)c1-c1ccc(C)cc1. The number of aryl methyl sites for hydroxylation is 2. The van der Waals surface area contributed by atoms with Crippen molar-refractivity contribution in [3.63, 3.8) is 0 Å². The van der Waals surface area contributed by atoms with Crippen LogP contribution in [0, 0.1) is 19.9 Å². The van der Waals surface area contributed by atoms with Crippen molar-refractivity contribution >= 4 is 0 Å². The van der Waals surface area contributed by atoms with Crippen LogP contribution < -0.4 is 4.74 Å². The lowest BCUT2D eigenvalue weighted by molar-refractivity contribution is 0.416. The van der Waals surface area contributed by atoms with E-state index in [1.807, 2.05) is 12.1 Å². The molecule has 22 heavy (non-hydrogen) atoms. The highest BCUT2D eigenvalue weighted by molar-refractivity contribution is 5.87. The molecule has 0 aliphatic rings. The van der Waals surface area contributed by atoms with Gasteiger partial charge in [-0.05, 0) is 37.1 Å². The van der Waals surface area contributed by atoms with Crippen LogP contribution in [0.1, 0.15) is 11.1 Å². The van der Waals surface area contributed by atoms with E-state index in [9.17, 15) is 0 Å². The summed E-state index contributed by atoms with van der Waals surface area (Å²) in [6, 6.07) is 24.3. The van der Waals surface area contributed by atoms with Crippen molar-refractivity contribution < 1.29 is 4.74 Å². The standard InChI is InChI=1S/C21H19O/c1-15-7-11-17(12-8-15)19-5-4-6-20(22-3)21(19)18-13-9-16(2)10-14-18/h4,6-14H,1-3H3. The first-order chi connectivity index (χ1) is 10.7. The zero-order valence-electron chi connectivity index (χ0n) is 13.2. The van der Waals surface area contributed by atoms with E-state index in [2.05, 4.69) is 68.4 Å². The van der Waals surface area contributed by atoms with Gasteiger partial charge in [-0.3, -0.25) is 0 Å². The van der Waals surface area contributed by atoms with Crippen molar-refractivity contribution in [3.05, 3.63) is 77.9 Å². The molecule has 0 aliphatic carbocycles. The Morgan fingerprint density at radius 1 is 0.727 bits per heavy atom. The third-order valence-electron chi connectivity index (χ3n) is 3.86. The van der Waals surface area contributed by atoms with Crippen LogP contribution in [0.25, 0.3) is 22.3 Å². The number of hydrogen-bond donors (Lipinski definition) is 0. The fourth-order valence-electron chi connectivity index (χ4n) is 2.60. The number of benzene rings is 3. The van der Waals surface area contributed by atoms with Crippen LogP contribution in [0.2, 0.25) is 0 Å². The van der Waals surface area contributed by atoms with Crippen molar-refractivity contribution in [2.24, 2.45) is 0 Å². The molecule has 109 valence electrons. The van der Waals surface area contributed by atoms with Crippen molar-refractivity contribution in [2.75, 3.05) is 7.11 Å². The van der Waals surface area contributed by atoms with E-state index in [0.29, 0.717) is 0 Å². The minimum Gasteiger partial charge on any atom is -0.496 e. The zero-order chi connectivity index (χ0) is 15.5. The number of hydrogen-bond acceptors (Lipinski definition) is 1. The van der Waals surface area contributed by atoms with E-state index in [0.717, 1.165) is 28.0 Å². The van der Waals surface area contributed by atoms with Crippen LogP contribution in [0.15, 0.2) is 60.7 Å². The Hall–Kier alpha value is -2.54. The van der Waals surface area contributed by atoms with E-state index < -0.39 is 0 Å². The molecular weight excluding hydrogens is 268 g/mol. The van der Waals surface area contributed by atoms with Crippen LogP contribution in [0.3, 0.4) is 0 Å². The molecule has 3 aromatic rings.